The third-order valence-electron chi connectivity index (χ3n) is 3.85. The number of thiazole rings is 1. The van der Waals surface area contributed by atoms with Crippen LogP contribution in [0.2, 0.25) is 0 Å². The Labute approximate surface area is 164 Å². The fraction of sp³-hybridized carbons (Fsp3) is 0. The highest BCUT2D eigenvalue weighted by Gasteiger charge is 2.15. The molecule has 4 rings (SSSR count). The van der Waals surface area contributed by atoms with E-state index in [9.17, 15) is 13.5 Å². The van der Waals surface area contributed by atoms with E-state index >= 15 is 0 Å². The number of aromatic nitrogens is 2. The van der Waals surface area contributed by atoms with Crippen LogP contribution in [0.4, 0.5) is 16.5 Å². The molecule has 140 valence electrons. The van der Waals surface area contributed by atoms with Gasteiger partial charge in [-0.25, -0.2) is 13.4 Å². The third kappa shape index (κ3) is 3.68. The van der Waals surface area contributed by atoms with Gasteiger partial charge in [0.2, 0.25) is 0 Å². The van der Waals surface area contributed by atoms with Crippen LogP contribution in [-0.2, 0) is 10.0 Å². The lowest BCUT2D eigenvalue weighted by molar-refractivity contribution is 0.481. The van der Waals surface area contributed by atoms with Gasteiger partial charge in [-0.15, -0.1) is 16.5 Å². The Bertz CT molecular complexity index is 1250. The molecule has 28 heavy (non-hydrogen) atoms. The molecule has 0 spiro atoms. The van der Waals surface area contributed by atoms with Gasteiger partial charge < -0.3 is 5.11 Å². The van der Waals surface area contributed by atoms with Crippen LogP contribution in [-0.4, -0.2) is 23.5 Å². The second-order valence-electron chi connectivity index (χ2n) is 5.66. The molecular weight excluding hydrogens is 398 g/mol. The molecular formula is C18H13N5O3S2. The van der Waals surface area contributed by atoms with Crippen LogP contribution in [0.3, 0.4) is 0 Å². The van der Waals surface area contributed by atoms with Crippen molar-refractivity contribution in [2.75, 3.05) is 4.72 Å². The number of sulfonamides is 1. The molecule has 2 heterocycles. The zero-order chi connectivity index (χ0) is 19.6. The lowest BCUT2D eigenvalue weighted by Gasteiger charge is -2.05. The number of azo groups is 1. The zero-order valence-electron chi connectivity index (χ0n) is 14.2. The average Bonchev–Trinajstić information content (AvgIpc) is 3.20. The summed E-state index contributed by atoms with van der Waals surface area (Å²) in [6.45, 7) is 0. The number of pyridine rings is 1. The molecule has 2 N–H and O–H groups in total. The van der Waals surface area contributed by atoms with Gasteiger partial charge in [-0.05, 0) is 42.5 Å². The molecule has 0 aliphatic rings. The highest BCUT2D eigenvalue weighted by Crippen LogP contribution is 2.32. The number of hydrogen-bond donors (Lipinski definition) is 2. The molecule has 0 amide bonds. The van der Waals surface area contributed by atoms with Crippen LogP contribution >= 0.6 is 11.3 Å². The van der Waals surface area contributed by atoms with Gasteiger partial charge in [0.05, 0.1) is 16.3 Å². The summed E-state index contributed by atoms with van der Waals surface area (Å²) >= 11 is 1.20. The first-order valence-corrected chi connectivity index (χ1v) is 10.4. The van der Waals surface area contributed by atoms with Gasteiger partial charge in [-0.2, -0.15) is 5.11 Å². The van der Waals surface area contributed by atoms with Crippen molar-refractivity contribution in [1.29, 1.82) is 0 Å². The first kappa shape index (κ1) is 18.0. The SMILES string of the molecule is O=S(=O)(Nc1nccs1)c1ccc(N=Nc2ccc(O)c3ccncc23)cc1. The number of fused-ring (bicyclic) bond motifs is 1. The van der Waals surface area contributed by atoms with Gasteiger partial charge in [0.15, 0.2) is 5.13 Å². The monoisotopic (exact) mass is 411 g/mol. The predicted molar refractivity (Wildman–Crippen MR) is 107 cm³/mol. The maximum Gasteiger partial charge on any atom is 0.263 e. The highest BCUT2D eigenvalue weighted by molar-refractivity contribution is 7.93. The number of phenols is 1. The summed E-state index contributed by atoms with van der Waals surface area (Å²) in [4.78, 5) is 8.06. The molecule has 0 atom stereocenters. The van der Waals surface area contributed by atoms with Gasteiger partial charge in [0, 0.05) is 34.7 Å². The van der Waals surface area contributed by atoms with Crippen molar-refractivity contribution >= 4 is 48.6 Å². The Morgan fingerprint density at radius 1 is 0.964 bits per heavy atom. The lowest BCUT2D eigenvalue weighted by Crippen LogP contribution is -2.12. The fourth-order valence-electron chi connectivity index (χ4n) is 2.50. The molecule has 2 aromatic heterocycles. The summed E-state index contributed by atoms with van der Waals surface area (Å²) in [7, 11) is -3.71. The van der Waals surface area contributed by atoms with Crippen molar-refractivity contribution < 1.29 is 13.5 Å². The summed E-state index contributed by atoms with van der Waals surface area (Å²) in [5.41, 5.74) is 1.03. The summed E-state index contributed by atoms with van der Waals surface area (Å²) in [6, 6.07) is 10.9. The molecule has 0 bridgehead atoms. The summed E-state index contributed by atoms with van der Waals surface area (Å²) in [5.74, 6) is 0.138. The minimum Gasteiger partial charge on any atom is -0.507 e. The molecule has 10 heteroatoms. The standard InChI is InChI=1S/C18H13N5O3S2/c24-17-6-5-16(15-11-19-8-7-14(15)17)22-21-12-1-3-13(4-2-12)28(25,26)23-18-20-9-10-27-18/h1-11,24H,(H,20,23). The van der Waals surface area contributed by atoms with Gasteiger partial charge in [0.1, 0.15) is 5.75 Å². The summed E-state index contributed by atoms with van der Waals surface area (Å²) < 4.78 is 27.1. The summed E-state index contributed by atoms with van der Waals surface area (Å²) in [6.07, 6.45) is 4.71. The first-order chi connectivity index (χ1) is 13.5. The Morgan fingerprint density at radius 2 is 1.79 bits per heavy atom. The Balaban J connectivity index is 1.58. The van der Waals surface area contributed by atoms with Crippen molar-refractivity contribution in [2.45, 2.75) is 4.90 Å². The number of aromatic hydroxyl groups is 1. The molecule has 0 unspecified atom stereocenters. The number of phenolic OH excluding ortho intramolecular Hbond substituents is 1. The predicted octanol–water partition coefficient (Wildman–Crippen LogP) is 4.61. The van der Waals surface area contributed by atoms with E-state index in [1.165, 1.54) is 35.7 Å². The number of hydrogen-bond acceptors (Lipinski definition) is 8. The van der Waals surface area contributed by atoms with E-state index in [4.69, 9.17) is 0 Å². The molecule has 0 aliphatic carbocycles. The van der Waals surface area contributed by atoms with Crippen LogP contribution in [0.15, 0.2) is 81.6 Å². The van der Waals surface area contributed by atoms with Crippen LogP contribution in [0.5, 0.6) is 5.75 Å². The number of benzene rings is 2. The van der Waals surface area contributed by atoms with Crippen molar-refractivity contribution in [2.24, 2.45) is 10.2 Å². The number of nitrogens with one attached hydrogen (secondary N) is 1. The van der Waals surface area contributed by atoms with Gasteiger partial charge in [-0.3, -0.25) is 9.71 Å². The molecule has 2 aromatic carbocycles. The molecule has 4 aromatic rings. The number of anilines is 1. The maximum absolute atomic E-state index is 12.3. The van der Waals surface area contributed by atoms with Gasteiger partial charge in [-0.1, -0.05) is 0 Å². The minimum atomic E-state index is -3.71. The van der Waals surface area contributed by atoms with Crippen molar-refractivity contribution in [3.8, 4) is 5.75 Å². The van der Waals surface area contributed by atoms with E-state index in [0.29, 0.717) is 27.3 Å². The number of rotatable bonds is 5. The van der Waals surface area contributed by atoms with E-state index in [0.717, 1.165) is 0 Å². The van der Waals surface area contributed by atoms with Gasteiger partial charge in [0.25, 0.3) is 10.0 Å². The van der Waals surface area contributed by atoms with Crippen LogP contribution in [0.1, 0.15) is 0 Å². The van der Waals surface area contributed by atoms with Gasteiger partial charge >= 0.3 is 0 Å². The Hall–Kier alpha value is -3.37. The lowest BCUT2D eigenvalue weighted by atomic mass is 10.1. The molecule has 0 fully saturated rings. The molecule has 8 nitrogen and oxygen atoms in total. The molecule has 0 saturated carbocycles. The third-order valence-corrected chi connectivity index (χ3v) is 6.02. The molecule has 0 aliphatic heterocycles. The fourth-order valence-corrected chi connectivity index (χ4v) is 4.29. The van der Waals surface area contributed by atoms with Crippen molar-refractivity contribution in [3.63, 3.8) is 0 Å². The maximum atomic E-state index is 12.3. The smallest absolute Gasteiger partial charge is 0.263 e. The topological polar surface area (TPSA) is 117 Å². The minimum absolute atomic E-state index is 0.0981. The molecule has 0 saturated heterocycles. The highest BCUT2D eigenvalue weighted by atomic mass is 32.2. The average molecular weight is 411 g/mol. The van der Waals surface area contributed by atoms with Crippen molar-refractivity contribution in [3.05, 3.63) is 66.4 Å². The van der Waals surface area contributed by atoms with Crippen LogP contribution in [0.25, 0.3) is 10.8 Å². The summed E-state index contributed by atoms with van der Waals surface area (Å²) in [5, 5.41) is 21.5. The number of nitrogens with zero attached hydrogens (tertiary/aromatic N) is 4. The Morgan fingerprint density at radius 3 is 2.54 bits per heavy atom. The largest absolute Gasteiger partial charge is 0.507 e. The van der Waals surface area contributed by atoms with Crippen molar-refractivity contribution in [1.82, 2.24) is 9.97 Å². The van der Waals surface area contributed by atoms with E-state index in [2.05, 4.69) is 24.9 Å². The van der Waals surface area contributed by atoms with Crippen LogP contribution < -0.4 is 4.72 Å². The van der Waals surface area contributed by atoms with E-state index in [-0.39, 0.29) is 10.6 Å². The zero-order valence-corrected chi connectivity index (χ0v) is 15.9. The van der Waals surface area contributed by atoms with E-state index in [1.807, 2.05) is 0 Å². The molecule has 0 radical (unpaired) electrons. The van der Waals surface area contributed by atoms with E-state index < -0.39 is 10.0 Å². The van der Waals surface area contributed by atoms with Crippen LogP contribution in [0, 0.1) is 0 Å². The second-order valence-corrected chi connectivity index (χ2v) is 8.24. The quantitative estimate of drug-likeness (QED) is 0.465. The van der Waals surface area contributed by atoms with E-state index in [1.54, 1.807) is 42.0 Å². The Kier molecular flexibility index (Phi) is 4.72. The first-order valence-electron chi connectivity index (χ1n) is 8.03. The normalized spacial score (nSPS) is 11.9. The second kappa shape index (κ2) is 7.33.